The number of fused-ring (bicyclic) bond motifs is 1. The molecular weight excluding hydrogens is 633 g/mol. The summed E-state index contributed by atoms with van der Waals surface area (Å²) in [5, 5.41) is 0. The van der Waals surface area contributed by atoms with Crippen LogP contribution in [0.1, 0.15) is 0 Å². The average molecular weight is 667 g/mol. The predicted octanol–water partition coefficient (Wildman–Crippen LogP) is 13.6. The second-order valence-corrected chi connectivity index (χ2v) is 12.8. The number of oxazole rings is 1. The largest absolute Gasteiger partial charge is 0.436 e. The van der Waals surface area contributed by atoms with Crippen LogP contribution in [0.2, 0.25) is 0 Å². The monoisotopic (exact) mass is 666 g/mol. The lowest BCUT2D eigenvalue weighted by molar-refractivity contribution is 0.620. The van der Waals surface area contributed by atoms with Crippen molar-refractivity contribution in [2.24, 2.45) is 0 Å². The van der Waals surface area contributed by atoms with Gasteiger partial charge < -0.3 is 9.32 Å². The fraction of sp³-hybridized carbons (Fsp3) is 0. The molecule has 0 aliphatic heterocycles. The Morgan fingerprint density at radius 2 is 0.750 bits per heavy atom. The maximum atomic E-state index is 6.21. The van der Waals surface area contributed by atoms with Crippen LogP contribution in [0.3, 0.4) is 0 Å². The molecule has 0 saturated carbocycles. The zero-order chi connectivity index (χ0) is 34.7. The van der Waals surface area contributed by atoms with E-state index < -0.39 is 0 Å². The summed E-state index contributed by atoms with van der Waals surface area (Å²) in [7, 11) is 0. The second-order valence-electron chi connectivity index (χ2n) is 12.8. The Balaban J connectivity index is 1.03. The SMILES string of the molecule is c1ccc(-c2ccc3oc(-c4ccc(-c5ccccc5-c5ccccc5-c5ccc(N(c6ccccc6)c6ccccc6)cc5)cc4)nc3c2)cc1. The number of hydrogen-bond donors (Lipinski definition) is 0. The van der Waals surface area contributed by atoms with E-state index in [4.69, 9.17) is 9.40 Å². The summed E-state index contributed by atoms with van der Waals surface area (Å²) in [5.41, 5.74) is 15.2. The Morgan fingerprint density at radius 3 is 1.31 bits per heavy atom. The number of hydrogen-bond acceptors (Lipinski definition) is 3. The third-order valence-corrected chi connectivity index (χ3v) is 9.55. The third kappa shape index (κ3) is 6.06. The lowest BCUT2D eigenvalue weighted by atomic mass is 9.89. The number of nitrogens with zero attached hydrogens (tertiary/aromatic N) is 2. The first-order chi connectivity index (χ1) is 25.8. The molecule has 9 aromatic rings. The molecule has 0 saturated heterocycles. The van der Waals surface area contributed by atoms with E-state index in [9.17, 15) is 0 Å². The van der Waals surface area contributed by atoms with Crippen LogP contribution >= 0.6 is 0 Å². The minimum absolute atomic E-state index is 0.618. The zero-order valence-corrected chi connectivity index (χ0v) is 28.4. The van der Waals surface area contributed by atoms with Crippen LogP contribution in [0.15, 0.2) is 211 Å². The summed E-state index contributed by atoms with van der Waals surface area (Å²) in [6.07, 6.45) is 0. The Kier molecular flexibility index (Phi) is 8.20. The van der Waals surface area contributed by atoms with Gasteiger partial charge in [-0.25, -0.2) is 4.98 Å². The van der Waals surface area contributed by atoms with E-state index in [2.05, 4.69) is 199 Å². The van der Waals surface area contributed by atoms with Crippen molar-refractivity contribution < 1.29 is 4.42 Å². The van der Waals surface area contributed by atoms with Crippen molar-refractivity contribution in [2.45, 2.75) is 0 Å². The van der Waals surface area contributed by atoms with E-state index in [0.29, 0.717) is 5.89 Å². The maximum absolute atomic E-state index is 6.21. The van der Waals surface area contributed by atoms with Gasteiger partial charge in [0.05, 0.1) is 0 Å². The van der Waals surface area contributed by atoms with E-state index in [1.54, 1.807) is 0 Å². The molecule has 246 valence electrons. The number of para-hydroxylation sites is 2. The van der Waals surface area contributed by atoms with Gasteiger partial charge in [0.25, 0.3) is 0 Å². The number of aromatic nitrogens is 1. The Hall–Kier alpha value is -6.97. The van der Waals surface area contributed by atoms with Gasteiger partial charge in [-0.15, -0.1) is 0 Å². The molecule has 0 spiro atoms. The molecule has 1 aromatic heterocycles. The van der Waals surface area contributed by atoms with Crippen molar-refractivity contribution in [1.29, 1.82) is 0 Å². The summed E-state index contributed by atoms with van der Waals surface area (Å²) in [6.45, 7) is 0. The molecule has 1 heterocycles. The van der Waals surface area contributed by atoms with Crippen LogP contribution in [0.5, 0.6) is 0 Å². The average Bonchev–Trinajstić information content (AvgIpc) is 3.66. The lowest BCUT2D eigenvalue weighted by Gasteiger charge is -2.25. The van der Waals surface area contributed by atoms with Crippen molar-refractivity contribution >= 4 is 28.2 Å². The molecule has 0 aliphatic rings. The molecule has 8 aromatic carbocycles. The van der Waals surface area contributed by atoms with Gasteiger partial charge in [-0.2, -0.15) is 0 Å². The summed E-state index contributed by atoms with van der Waals surface area (Å²) in [4.78, 5) is 7.15. The highest BCUT2D eigenvalue weighted by Gasteiger charge is 2.16. The minimum Gasteiger partial charge on any atom is -0.436 e. The number of rotatable bonds is 8. The summed E-state index contributed by atoms with van der Waals surface area (Å²) >= 11 is 0. The molecular formula is C49H34N2O. The first kappa shape index (κ1) is 31.0. The van der Waals surface area contributed by atoms with Gasteiger partial charge in [-0.1, -0.05) is 146 Å². The van der Waals surface area contributed by atoms with Crippen LogP contribution in [0.25, 0.3) is 67.1 Å². The Bertz CT molecular complexity index is 2550. The van der Waals surface area contributed by atoms with Crippen LogP contribution in [0.4, 0.5) is 17.1 Å². The first-order valence-electron chi connectivity index (χ1n) is 17.5. The van der Waals surface area contributed by atoms with Gasteiger partial charge in [0, 0.05) is 22.6 Å². The van der Waals surface area contributed by atoms with Crippen LogP contribution in [-0.2, 0) is 0 Å². The van der Waals surface area contributed by atoms with Gasteiger partial charge in [-0.05, 0) is 105 Å². The summed E-state index contributed by atoms with van der Waals surface area (Å²) < 4.78 is 6.21. The van der Waals surface area contributed by atoms with E-state index in [1.807, 2.05) is 12.1 Å². The first-order valence-corrected chi connectivity index (χ1v) is 17.5. The fourth-order valence-electron chi connectivity index (χ4n) is 6.98. The molecule has 9 rings (SSSR count). The molecule has 52 heavy (non-hydrogen) atoms. The van der Waals surface area contributed by atoms with Crippen molar-refractivity contribution in [1.82, 2.24) is 4.98 Å². The molecule has 0 unspecified atom stereocenters. The smallest absolute Gasteiger partial charge is 0.227 e. The van der Waals surface area contributed by atoms with Gasteiger partial charge >= 0.3 is 0 Å². The highest BCUT2D eigenvalue weighted by molar-refractivity contribution is 5.92. The highest BCUT2D eigenvalue weighted by Crippen LogP contribution is 2.40. The molecule has 3 nitrogen and oxygen atoms in total. The molecule has 0 bridgehead atoms. The molecule has 0 fully saturated rings. The number of anilines is 3. The standard InChI is InChI=1S/C49H34N2O/c1-4-14-35(15-5-1)39-30-33-48-47(34-39)50-49(52-48)38-26-24-36(25-27-38)43-20-10-12-22-45(43)46-23-13-11-21-44(46)37-28-31-42(32-29-37)51(40-16-6-2-7-17-40)41-18-8-3-9-19-41/h1-34H. The number of benzene rings is 8. The molecule has 3 heteroatoms. The third-order valence-electron chi connectivity index (χ3n) is 9.55. The van der Waals surface area contributed by atoms with Crippen LogP contribution in [-0.4, -0.2) is 4.98 Å². The Labute approximate surface area is 303 Å². The summed E-state index contributed by atoms with van der Waals surface area (Å²) in [5.74, 6) is 0.618. The van der Waals surface area contributed by atoms with Crippen LogP contribution in [0, 0.1) is 0 Å². The van der Waals surface area contributed by atoms with E-state index in [-0.39, 0.29) is 0 Å². The maximum Gasteiger partial charge on any atom is 0.227 e. The van der Waals surface area contributed by atoms with E-state index >= 15 is 0 Å². The molecule has 0 N–H and O–H groups in total. The zero-order valence-electron chi connectivity index (χ0n) is 28.4. The topological polar surface area (TPSA) is 29.3 Å². The van der Waals surface area contributed by atoms with Crippen LogP contribution < -0.4 is 4.90 Å². The fourth-order valence-corrected chi connectivity index (χ4v) is 6.98. The molecule has 0 amide bonds. The normalized spacial score (nSPS) is 11.1. The van der Waals surface area contributed by atoms with Gasteiger partial charge in [0.1, 0.15) is 5.52 Å². The van der Waals surface area contributed by atoms with E-state index in [1.165, 1.54) is 22.3 Å². The van der Waals surface area contributed by atoms with E-state index in [0.717, 1.165) is 56.0 Å². The molecule has 0 radical (unpaired) electrons. The van der Waals surface area contributed by atoms with Crippen molar-refractivity contribution in [2.75, 3.05) is 4.90 Å². The molecule has 0 atom stereocenters. The van der Waals surface area contributed by atoms with Crippen molar-refractivity contribution in [3.63, 3.8) is 0 Å². The lowest BCUT2D eigenvalue weighted by Crippen LogP contribution is -2.09. The highest BCUT2D eigenvalue weighted by atomic mass is 16.3. The Morgan fingerprint density at radius 1 is 0.327 bits per heavy atom. The predicted molar refractivity (Wildman–Crippen MR) is 216 cm³/mol. The summed E-state index contributed by atoms with van der Waals surface area (Å²) in [6, 6.07) is 72.3. The molecule has 0 aliphatic carbocycles. The minimum atomic E-state index is 0.618. The van der Waals surface area contributed by atoms with Crippen molar-refractivity contribution in [3.05, 3.63) is 206 Å². The second kappa shape index (κ2) is 13.7. The van der Waals surface area contributed by atoms with Gasteiger partial charge in [-0.3, -0.25) is 0 Å². The van der Waals surface area contributed by atoms with Gasteiger partial charge in [0.2, 0.25) is 5.89 Å². The van der Waals surface area contributed by atoms with Gasteiger partial charge in [0.15, 0.2) is 5.58 Å². The quantitative estimate of drug-likeness (QED) is 0.162. The van der Waals surface area contributed by atoms with Crippen molar-refractivity contribution in [3.8, 4) is 56.0 Å².